The predicted molar refractivity (Wildman–Crippen MR) is 78.9 cm³/mol. The Labute approximate surface area is 115 Å². The van der Waals surface area contributed by atoms with Crippen molar-refractivity contribution in [3.63, 3.8) is 0 Å². The highest BCUT2D eigenvalue weighted by atomic mass is 15.2. The maximum Gasteiger partial charge on any atom is 0.126 e. The molecule has 2 unspecified atom stereocenters. The molecular formula is C14H25N5. The van der Waals surface area contributed by atoms with Crippen molar-refractivity contribution in [2.24, 2.45) is 5.73 Å². The summed E-state index contributed by atoms with van der Waals surface area (Å²) in [6.45, 7) is 3.26. The monoisotopic (exact) mass is 263 g/mol. The zero-order valence-electron chi connectivity index (χ0n) is 11.9. The fraction of sp³-hybridized carbons (Fsp3) is 0.643. The number of rotatable bonds is 3. The molecule has 0 spiro atoms. The molecule has 0 amide bonds. The molecule has 19 heavy (non-hydrogen) atoms. The highest BCUT2D eigenvalue weighted by molar-refractivity contribution is 5.39. The molecule has 2 heterocycles. The number of nitrogen functional groups attached to an aromatic ring is 1. The van der Waals surface area contributed by atoms with Crippen LogP contribution in [0.25, 0.3) is 0 Å². The Morgan fingerprint density at radius 2 is 2.21 bits per heavy atom. The Balaban J connectivity index is 2.05. The maximum absolute atomic E-state index is 6.42. The van der Waals surface area contributed by atoms with Gasteiger partial charge < -0.3 is 21.3 Å². The Morgan fingerprint density at radius 1 is 1.42 bits per heavy atom. The minimum Gasteiger partial charge on any atom is -0.383 e. The van der Waals surface area contributed by atoms with E-state index in [9.17, 15) is 0 Å². The van der Waals surface area contributed by atoms with E-state index in [1.165, 1.54) is 6.42 Å². The number of aromatic nitrogens is 1. The second-order valence-electron chi connectivity index (χ2n) is 5.58. The lowest BCUT2D eigenvalue weighted by Crippen LogP contribution is -2.51. The molecule has 1 saturated heterocycles. The molecular weight excluding hydrogens is 238 g/mol. The van der Waals surface area contributed by atoms with Crippen LogP contribution < -0.4 is 11.5 Å². The van der Waals surface area contributed by atoms with Crippen LogP contribution in [0, 0.1) is 0 Å². The van der Waals surface area contributed by atoms with Crippen molar-refractivity contribution in [2.75, 3.05) is 39.5 Å². The summed E-state index contributed by atoms with van der Waals surface area (Å²) in [6.07, 6.45) is 3.70. The fourth-order valence-electron chi connectivity index (χ4n) is 2.78. The molecule has 0 bridgehead atoms. The topological polar surface area (TPSA) is 71.4 Å². The van der Waals surface area contributed by atoms with E-state index in [-0.39, 0.29) is 6.04 Å². The minimum atomic E-state index is 0.0806. The van der Waals surface area contributed by atoms with Gasteiger partial charge in [-0.2, -0.15) is 0 Å². The summed E-state index contributed by atoms with van der Waals surface area (Å²) >= 11 is 0. The van der Waals surface area contributed by atoms with Gasteiger partial charge in [-0.25, -0.2) is 4.98 Å². The third-order valence-electron chi connectivity index (χ3n) is 3.99. The number of likely N-dealkylation sites (N-methyl/N-ethyl adjacent to an activating group) is 2. The second-order valence-corrected chi connectivity index (χ2v) is 5.58. The first-order valence-electron chi connectivity index (χ1n) is 6.91. The van der Waals surface area contributed by atoms with Gasteiger partial charge in [-0.1, -0.05) is 6.07 Å². The summed E-state index contributed by atoms with van der Waals surface area (Å²) in [5, 5.41) is 0. The zero-order valence-corrected chi connectivity index (χ0v) is 11.9. The second kappa shape index (κ2) is 6.32. The molecule has 106 valence electrons. The SMILES string of the molecule is CN1CCCN(C)C(C(N)Cc2cccnc2N)C1. The van der Waals surface area contributed by atoms with Crippen LogP contribution in [0.15, 0.2) is 18.3 Å². The third-order valence-corrected chi connectivity index (χ3v) is 3.99. The average Bonchev–Trinajstić information content (AvgIpc) is 2.54. The first-order valence-corrected chi connectivity index (χ1v) is 6.91. The first-order chi connectivity index (χ1) is 9.08. The van der Waals surface area contributed by atoms with E-state index in [0.29, 0.717) is 11.9 Å². The van der Waals surface area contributed by atoms with Gasteiger partial charge >= 0.3 is 0 Å². The molecule has 0 aromatic carbocycles. The van der Waals surface area contributed by atoms with E-state index in [1.54, 1.807) is 6.20 Å². The van der Waals surface area contributed by atoms with Crippen molar-refractivity contribution < 1.29 is 0 Å². The van der Waals surface area contributed by atoms with Crippen molar-refractivity contribution in [2.45, 2.75) is 24.9 Å². The van der Waals surface area contributed by atoms with Crippen LogP contribution in [0.3, 0.4) is 0 Å². The van der Waals surface area contributed by atoms with Gasteiger partial charge in [0.1, 0.15) is 5.82 Å². The lowest BCUT2D eigenvalue weighted by molar-refractivity contribution is 0.195. The molecule has 2 rings (SSSR count). The average molecular weight is 263 g/mol. The lowest BCUT2D eigenvalue weighted by Gasteiger charge is -2.32. The Morgan fingerprint density at radius 3 is 2.95 bits per heavy atom. The Kier molecular flexibility index (Phi) is 4.74. The standard InChI is InChI=1S/C14H25N5/c1-18-7-4-8-19(2)13(10-18)12(15)9-11-5-3-6-17-14(11)16/h3,5-6,12-13H,4,7-10,15H2,1-2H3,(H2,16,17). The molecule has 1 aromatic rings. The lowest BCUT2D eigenvalue weighted by atomic mass is 9.99. The highest BCUT2D eigenvalue weighted by Gasteiger charge is 2.26. The summed E-state index contributed by atoms with van der Waals surface area (Å²) in [5.74, 6) is 0.600. The fourth-order valence-corrected chi connectivity index (χ4v) is 2.78. The van der Waals surface area contributed by atoms with Crippen molar-refractivity contribution in [1.82, 2.24) is 14.8 Å². The van der Waals surface area contributed by atoms with E-state index < -0.39 is 0 Å². The summed E-state index contributed by atoms with van der Waals surface area (Å²) in [7, 11) is 4.33. The quantitative estimate of drug-likeness (QED) is 0.813. The Hall–Kier alpha value is -1.17. The van der Waals surface area contributed by atoms with Gasteiger partial charge in [0.05, 0.1) is 0 Å². The van der Waals surface area contributed by atoms with Crippen LogP contribution >= 0.6 is 0 Å². The molecule has 1 fully saturated rings. The minimum absolute atomic E-state index is 0.0806. The first kappa shape index (κ1) is 14.2. The van der Waals surface area contributed by atoms with E-state index in [0.717, 1.165) is 31.6 Å². The van der Waals surface area contributed by atoms with Gasteiger partial charge in [0, 0.05) is 24.8 Å². The molecule has 2 atom stereocenters. The largest absolute Gasteiger partial charge is 0.383 e. The van der Waals surface area contributed by atoms with Crippen molar-refractivity contribution >= 4 is 5.82 Å². The van der Waals surface area contributed by atoms with Crippen LogP contribution in [0.4, 0.5) is 5.82 Å². The molecule has 1 aliphatic heterocycles. The third kappa shape index (κ3) is 3.65. The van der Waals surface area contributed by atoms with Crippen LogP contribution in [0.5, 0.6) is 0 Å². The molecule has 5 heteroatoms. The number of anilines is 1. The molecule has 4 N–H and O–H groups in total. The van der Waals surface area contributed by atoms with E-state index in [4.69, 9.17) is 11.5 Å². The van der Waals surface area contributed by atoms with Crippen molar-refractivity contribution in [1.29, 1.82) is 0 Å². The van der Waals surface area contributed by atoms with Crippen LogP contribution in [-0.2, 0) is 6.42 Å². The van der Waals surface area contributed by atoms with E-state index in [2.05, 4.69) is 28.9 Å². The van der Waals surface area contributed by atoms with Crippen molar-refractivity contribution in [3.8, 4) is 0 Å². The number of pyridine rings is 1. The number of hydrogen-bond acceptors (Lipinski definition) is 5. The van der Waals surface area contributed by atoms with Gasteiger partial charge in [-0.15, -0.1) is 0 Å². The summed E-state index contributed by atoms with van der Waals surface area (Å²) < 4.78 is 0. The summed E-state index contributed by atoms with van der Waals surface area (Å²) in [6, 6.07) is 4.38. The number of nitrogens with two attached hydrogens (primary N) is 2. The van der Waals surface area contributed by atoms with Crippen LogP contribution in [0.1, 0.15) is 12.0 Å². The number of nitrogens with zero attached hydrogens (tertiary/aromatic N) is 3. The van der Waals surface area contributed by atoms with Crippen LogP contribution in [-0.4, -0.2) is 60.6 Å². The Bertz CT molecular complexity index is 409. The van der Waals surface area contributed by atoms with Crippen molar-refractivity contribution in [3.05, 3.63) is 23.9 Å². The van der Waals surface area contributed by atoms with Crippen LogP contribution in [0.2, 0.25) is 0 Å². The van der Waals surface area contributed by atoms with E-state index in [1.807, 2.05) is 12.1 Å². The van der Waals surface area contributed by atoms with Gasteiger partial charge in [0.2, 0.25) is 0 Å². The smallest absolute Gasteiger partial charge is 0.126 e. The van der Waals surface area contributed by atoms with Gasteiger partial charge in [-0.05, 0) is 51.7 Å². The summed E-state index contributed by atoms with van der Waals surface area (Å²) in [5.41, 5.74) is 13.4. The molecule has 0 saturated carbocycles. The molecule has 0 aliphatic carbocycles. The van der Waals surface area contributed by atoms with Gasteiger partial charge in [0.25, 0.3) is 0 Å². The normalized spacial score (nSPS) is 24.1. The zero-order chi connectivity index (χ0) is 13.8. The molecule has 0 radical (unpaired) electrons. The maximum atomic E-state index is 6.42. The molecule has 5 nitrogen and oxygen atoms in total. The number of hydrogen-bond donors (Lipinski definition) is 2. The van der Waals surface area contributed by atoms with E-state index >= 15 is 0 Å². The molecule has 1 aliphatic rings. The van der Waals surface area contributed by atoms with Gasteiger partial charge in [0.15, 0.2) is 0 Å². The predicted octanol–water partition coefficient (Wildman–Crippen LogP) is 0.170. The summed E-state index contributed by atoms with van der Waals surface area (Å²) in [4.78, 5) is 8.87. The van der Waals surface area contributed by atoms with Gasteiger partial charge in [-0.3, -0.25) is 0 Å². The molecule has 1 aromatic heterocycles. The highest BCUT2D eigenvalue weighted by Crippen LogP contribution is 2.15.